The number of hydrogen-bond donors (Lipinski definition) is 0. The average Bonchev–Trinajstić information content (AvgIpc) is 3.46. The molecule has 156 valence electrons. The minimum Gasteiger partial charge on any atom is -0.472 e. The molecule has 9 nitrogen and oxygen atoms in total. The first kappa shape index (κ1) is 18.8. The fourth-order valence-corrected chi connectivity index (χ4v) is 4.66. The highest BCUT2D eigenvalue weighted by Crippen LogP contribution is 2.39. The lowest BCUT2D eigenvalue weighted by molar-refractivity contribution is 0.0341. The standard InChI is InChI=1S/C21H24N6O3/c1-29-20(28)26-13-18-23-24-19(17-3-2-7-22-11-17)27(18)21(15-26)5-8-25(9-6-21)12-16-4-10-30-14-16/h2-4,7,10-11,14H,5-6,8-9,12-13,15H2,1H3. The first-order valence-electron chi connectivity index (χ1n) is 10.1. The number of furan rings is 1. The molecule has 3 aromatic rings. The van der Waals surface area contributed by atoms with Gasteiger partial charge in [0.2, 0.25) is 0 Å². The summed E-state index contributed by atoms with van der Waals surface area (Å²) in [5.74, 6) is 1.60. The van der Waals surface area contributed by atoms with E-state index in [1.165, 1.54) is 12.7 Å². The number of fused-ring (bicyclic) bond motifs is 2. The molecule has 0 bridgehead atoms. The molecule has 0 radical (unpaired) electrons. The number of hydrogen-bond acceptors (Lipinski definition) is 7. The molecule has 0 atom stereocenters. The summed E-state index contributed by atoms with van der Waals surface area (Å²) in [5, 5.41) is 8.92. The van der Waals surface area contributed by atoms with Crippen LogP contribution in [-0.2, 0) is 23.4 Å². The first-order valence-corrected chi connectivity index (χ1v) is 10.1. The van der Waals surface area contributed by atoms with Gasteiger partial charge in [-0.1, -0.05) is 0 Å². The molecule has 3 aromatic heterocycles. The van der Waals surface area contributed by atoms with E-state index in [2.05, 4.69) is 24.6 Å². The predicted molar refractivity (Wildman–Crippen MR) is 107 cm³/mol. The number of nitrogens with zero attached hydrogens (tertiary/aromatic N) is 6. The molecule has 1 fully saturated rings. The van der Waals surface area contributed by atoms with Crippen molar-refractivity contribution in [3.05, 3.63) is 54.5 Å². The van der Waals surface area contributed by atoms with Crippen molar-refractivity contribution in [1.82, 2.24) is 29.5 Å². The Morgan fingerprint density at radius 3 is 2.83 bits per heavy atom. The smallest absolute Gasteiger partial charge is 0.409 e. The van der Waals surface area contributed by atoms with Crippen molar-refractivity contribution in [2.75, 3.05) is 26.7 Å². The lowest BCUT2D eigenvalue weighted by atomic mass is 9.84. The van der Waals surface area contributed by atoms with Gasteiger partial charge >= 0.3 is 6.09 Å². The van der Waals surface area contributed by atoms with Gasteiger partial charge in [-0.15, -0.1) is 10.2 Å². The largest absolute Gasteiger partial charge is 0.472 e. The van der Waals surface area contributed by atoms with E-state index in [0.717, 1.165) is 49.7 Å². The number of likely N-dealkylation sites (tertiary alicyclic amines) is 1. The molecule has 1 amide bonds. The highest BCUT2D eigenvalue weighted by Gasteiger charge is 2.45. The number of pyridine rings is 1. The van der Waals surface area contributed by atoms with Crippen LogP contribution in [0.3, 0.4) is 0 Å². The van der Waals surface area contributed by atoms with Crippen LogP contribution in [0.2, 0.25) is 0 Å². The number of aromatic nitrogens is 4. The minimum absolute atomic E-state index is 0.274. The molecule has 5 heterocycles. The maximum Gasteiger partial charge on any atom is 0.409 e. The van der Waals surface area contributed by atoms with Gasteiger partial charge in [0.05, 0.1) is 31.7 Å². The van der Waals surface area contributed by atoms with Crippen LogP contribution in [0.25, 0.3) is 11.4 Å². The molecule has 1 saturated heterocycles. The fourth-order valence-electron chi connectivity index (χ4n) is 4.66. The lowest BCUT2D eigenvalue weighted by Crippen LogP contribution is -2.57. The summed E-state index contributed by atoms with van der Waals surface area (Å²) < 4.78 is 12.5. The van der Waals surface area contributed by atoms with Gasteiger partial charge in [-0.05, 0) is 31.0 Å². The minimum atomic E-state index is -0.327. The molecule has 1 spiro atoms. The van der Waals surface area contributed by atoms with Crippen molar-refractivity contribution in [2.24, 2.45) is 0 Å². The summed E-state index contributed by atoms with van der Waals surface area (Å²) in [5.41, 5.74) is 1.83. The van der Waals surface area contributed by atoms with Gasteiger partial charge in [0.25, 0.3) is 0 Å². The van der Waals surface area contributed by atoms with Gasteiger partial charge in [-0.3, -0.25) is 14.8 Å². The highest BCUT2D eigenvalue weighted by atomic mass is 16.5. The number of rotatable bonds is 3. The molecule has 2 aliphatic rings. The molecule has 0 aliphatic carbocycles. The van der Waals surface area contributed by atoms with Crippen LogP contribution >= 0.6 is 0 Å². The summed E-state index contributed by atoms with van der Waals surface area (Å²) in [6.07, 6.45) is 8.51. The van der Waals surface area contributed by atoms with E-state index in [9.17, 15) is 4.79 Å². The van der Waals surface area contributed by atoms with E-state index in [4.69, 9.17) is 9.15 Å². The van der Waals surface area contributed by atoms with Crippen LogP contribution in [0.15, 0.2) is 47.5 Å². The predicted octanol–water partition coefficient (Wildman–Crippen LogP) is 2.51. The van der Waals surface area contributed by atoms with Crippen molar-refractivity contribution in [1.29, 1.82) is 0 Å². The van der Waals surface area contributed by atoms with Gasteiger partial charge in [-0.2, -0.15) is 0 Å². The van der Waals surface area contributed by atoms with Crippen molar-refractivity contribution in [3.8, 4) is 11.4 Å². The molecule has 9 heteroatoms. The molecular formula is C21H24N6O3. The van der Waals surface area contributed by atoms with Crippen LogP contribution in [0.1, 0.15) is 24.2 Å². The molecule has 30 heavy (non-hydrogen) atoms. The van der Waals surface area contributed by atoms with E-state index in [1.807, 2.05) is 24.4 Å². The van der Waals surface area contributed by atoms with E-state index in [-0.39, 0.29) is 11.6 Å². The van der Waals surface area contributed by atoms with Crippen molar-refractivity contribution in [2.45, 2.75) is 31.5 Å². The summed E-state index contributed by atoms with van der Waals surface area (Å²) in [6.45, 7) is 3.64. The summed E-state index contributed by atoms with van der Waals surface area (Å²) in [4.78, 5) is 20.8. The second-order valence-electron chi connectivity index (χ2n) is 7.98. The Kier molecular flexibility index (Phi) is 4.74. The summed E-state index contributed by atoms with van der Waals surface area (Å²) >= 11 is 0. The maximum absolute atomic E-state index is 12.4. The van der Waals surface area contributed by atoms with E-state index < -0.39 is 0 Å². The van der Waals surface area contributed by atoms with E-state index in [0.29, 0.717) is 13.1 Å². The number of amides is 1. The van der Waals surface area contributed by atoms with Gasteiger partial charge in [0, 0.05) is 49.7 Å². The molecule has 2 aliphatic heterocycles. The second-order valence-corrected chi connectivity index (χ2v) is 7.98. The molecule has 0 saturated carbocycles. The zero-order valence-electron chi connectivity index (χ0n) is 16.9. The lowest BCUT2D eigenvalue weighted by Gasteiger charge is -2.48. The van der Waals surface area contributed by atoms with Crippen LogP contribution in [0, 0.1) is 0 Å². The maximum atomic E-state index is 12.4. The Bertz CT molecular complexity index is 1010. The Morgan fingerprint density at radius 2 is 2.13 bits per heavy atom. The second kappa shape index (κ2) is 7.56. The first-order chi connectivity index (χ1) is 14.7. The van der Waals surface area contributed by atoms with Gasteiger partial charge in [0.1, 0.15) is 0 Å². The van der Waals surface area contributed by atoms with Crippen LogP contribution in [0.4, 0.5) is 4.79 Å². The monoisotopic (exact) mass is 408 g/mol. The Hall–Kier alpha value is -3.20. The molecule has 5 rings (SSSR count). The van der Waals surface area contributed by atoms with Gasteiger partial charge in [0.15, 0.2) is 11.6 Å². The Morgan fingerprint density at radius 1 is 1.27 bits per heavy atom. The number of carbonyl (C=O) groups excluding carboxylic acids is 1. The zero-order valence-corrected chi connectivity index (χ0v) is 16.9. The van der Waals surface area contributed by atoms with Crippen molar-refractivity contribution in [3.63, 3.8) is 0 Å². The normalized spacial score (nSPS) is 18.4. The third kappa shape index (κ3) is 3.24. The topological polar surface area (TPSA) is 89.5 Å². The molecular weight excluding hydrogens is 384 g/mol. The number of ether oxygens (including phenoxy) is 1. The summed E-state index contributed by atoms with van der Waals surface area (Å²) in [6, 6.07) is 5.90. The number of methoxy groups -OCH3 is 1. The SMILES string of the molecule is COC(=O)N1Cc2nnc(-c3cccnc3)n2C2(CCN(Cc3ccoc3)CC2)C1. The van der Waals surface area contributed by atoms with E-state index >= 15 is 0 Å². The Balaban J connectivity index is 1.48. The third-order valence-corrected chi connectivity index (χ3v) is 6.15. The fraction of sp³-hybridized carbons (Fsp3) is 0.429. The van der Waals surface area contributed by atoms with Crippen LogP contribution < -0.4 is 0 Å². The quantitative estimate of drug-likeness (QED) is 0.658. The number of piperidine rings is 1. The van der Waals surface area contributed by atoms with Gasteiger partial charge in [-0.25, -0.2) is 4.79 Å². The van der Waals surface area contributed by atoms with Crippen LogP contribution in [0.5, 0.6) is 0 Å². The zero-order chi connectivity index (χ0) is 20.6. The van der Waals surface area contributed by atoms with Crippen molar-refractivity contribution < 1.29 is 13.9 Å². The third-order valence-electron chi connectivity index (χ3n) is 6.15. The average molecular weight is 408 g/mol. The van der Waals surface area contributed by atoms with Crippen molar-refractivity contribution >= 4 is 6.09 Å². The molecule has 0 unspecified atom stereocenters. The Labute approximate surface area is 174 Å². The van der Waals surface area contributed by atoms with E-state index in [1.54, 1.807) is 23.6 Å². The number of carbonyl (C=O) groups is 1. The molecule has 0 aromatic carbocycles. The molecule has 0 N–H and O–H groups in total. The summed E-state index contributed by atoms with van der Waals surface area (Å²) in [7, 11) is 1.42. The van der Waals surface area contributed by atoms with Crippen LogP contribution in [-0.4, -0.2) is 62.4 Å². The highest BCUT2D eigenvalue weighted by molar-refractivity contribution is 5.68. The van der Waals surface area contributed by atoms with Gasteiger partial charge < -0.3 is 13.7 Å².